The highest BCUT2D eigenvalue weighted by atomic mass is 16.1. The minimum atomic E-state index is -0.0356. The molecule has 2 fully saturated rings. The first kappa shape index (κ1) is 21.0. The second-order valence-electron chi connectivity index (χ2n) is 10.1. The summed E-state index contributed by atoms with van der Waals surface area (Å²) >= 11 is 0. The highest BCUT2D eigenvalue weighted by Crippen LogP contribution is 2.44. The molecule has 30 heavy (non-hydrogen) atoms. The molecule has 1 unspecified atom stereocenters. The molecule has 2 saturated carbocycles. The van der Waals surface area contributed by atoms with Gasteiger partial charge in [0.05, 0.1) is 11.4 Å². The summed E-state index contributed by atoms with van der Waals surface area (Å²) in [4.78, 5) is 24.4. The molecule has 0 saturated heterocycles. The molecule has 0 aromatic carbocycles. The van der Waals surface area contributed by atoms with E-state index in [4.69, 9.17) is 0 Å². The van der Waals surface area contributed by atoms with E-state index in [2.05, 4.69) is 48.1 Å². The number of rotatable bonds is 7. The van der Waals surface area contributed by atoms with Crippen LogP contribution in [0, 0.1) is 11.8 Å². The lowest BCUT2D eigenvalue weighted by Gasteiger charge is -2.36. The summed E-state index contributed by atoms with van der Waals surface area (Å²) in [6, 6.07) is 4.05. The molecule has 0 radical (unpaired) electrons. The van der Waals surface area contributed by atoms with E-state index in [1.165, 1.54) is 0 Å². The third kappa shape index (κ3) is 4.28. The van der Waals surface area contributed by atoms with E-state index in [0.717, 1.165) is 67.0 Å². The van der Waals surface area contributed by atoms with E-state index in [9.17, 15) is 9.59 Å². The maximum Gasteiger partial charge on any atom is 0.267 e. The summed E-state index contributed by atoms with van der Waals surface area (Å²) < 4.78 is 0. The topological polar surface area (TPSA) is 91.5 Å². The van der Waals surface area contributed by atoms with Gasteiger partial charge in [0.25, 0.3) is 11.1 Å². The normalized spacial score (nSPS) is 26.8. The van der Waals surface area contributed by atoms with Gasteiger partial charge >= 0.3 is 0 Å². The van der Waals surface area contributed by atoms with Gasteiger partial charge in [-0.05, 0) is 80.2 Å². The SMILES string of the molecule is CC(C)c1cc([C@H]2C[C@@H](CCC(C)c3cc([C@H]4C[C@H](C)C4)c(=O)[nH]n3)C2)c(=O)[nH]n1. The van der Waals surface area contributed by atoms with E-state index in [-0.39, 0.29) is 11.1 Å². The van der Waals surface area contributed by atoms with Crippen LogP contribution in [0.25, 0.3) is 0 Å². The van der Waals surface area contributed by atoms with Crippen molar-refractivity contribution in [3.8, 4) is 0 Å². The maximum atomic E-state index is 12.2. The Kier molecular flexibility index (Phi) is 5.94. The predicted molar refractivity (Wildman–Crippen MR) is 118 cm³/mol. The van der Waals surface area contributed by atoms with E-state index >= 15 is 0 Å². The van der Waals surface area contributed by atoms with Crippen LogP contribution in [-0.2, 0) is 0 Å². The summed E-state index contributed by atoms with van der Waals surface area (Å²) in [5.41, 5.74) is 3.74. The minimum absolute atomic E-state index is 0.0203. The van der Waals surface area contributed by atoms with Crippen molar-refractivity contribution in [2.24, 2.45) is 11.8 Å². The number of aromatic nitrogens is 4. The second-order valence-corrected chi connectivity index (χ2v) is 10.1. The van der Waals surface area contributed by atoms with Gasteiger partial charge in [0.2, 0.25) is 0 Å². The Morgan fingerprint density at radius 2 is 1.43 bits per heavy atom. The van der Waals surface area contributed by atoms with Gasteiger partial charge in [-0.15, -0.1) is 0 Å². The lowest BCUT2D eigenvalue weighted by Crippen LogP contribution is -2.29. The van der Waals surface area contributed by atoms with Crippen molar-refractivity contribution >= 4 is 0 Å². The van der Waals surface area contributed by atoms with Crippen LogP contribution in [-0.4, -0.2) is 20.4 Å². The molecule has 1 atom stereocenters. The summed E-state index contributed by atoms with van der Waals surface area (Å²) in [6.07, 6.45) is 6.55. The summed E-state index contributed by atoms with van der Waals surface area (Å²) in [6.45, 7) is 8.63. The number of hydrogen-bond donors (Lipinski definition) is 2. The molecule has 0 amide bonds. The van der Waals surface area contributed by atoms with Gasteiger partial charge in [0.1, 0.15) is 0 Å². The molecule has 0 bridgehead atoms. The Balaban J connectivity index is 1.32. The monoisotopic (exact) mass is 410 g/mol. The number of hydrogen-bond acceptors (Lipinski definition) is 4. The van der Waals surface area contributed by atoms with Crippen LogP contribution in [0.5, 0.6) is 0 Å². The Morgan fingerprint density at radius 1 is 0.900 bits per heavy atom. The summed E-state index contributed by atoms with van der Waals surface area (Å²) in [7, 11) is 0. The molecule has 6 nitrogen and oxygen atoms in total. The average molecular weight is 411 g/mol. The van der Waals surface area contributed by atoms with Crippen LogP contribution in [0.3, 0.4) is 0 Å². The van der Waals surface area contributed by atoms with Crippen LogP contribution >= 0.6 is 0 Å². The Bertz CT molecular complexity index is 997. The Hall–Kier alpha value is -2.24. The van der Waals surface area contributed by atoms with E-state index < -0.39 is 0 Å². The van der Waals surface area contributed by atoms with E-state index in [0.29, 0.717) is 29.6 Å². The van der Waals surface area contributed by atoms with Crippen molar-refractivity contribution in [2.45, 2.75) is 89.9 Å². The van der Waals surface area contributed by atoms with Gasteiger partial charge in [0.15, 0.2) is 0 Å². The molecule has 0 spiro atoms. The molecule has 2 aromatic heterocycles. The molecule has 6 heteroatoms. The quantitative estimate of drug-likeness (QED) is 0.699. The largest absolute Gasteiger partial charge is 0.268 e. The van der Waals surface area contributed by atoms with Crippen molar-refractivity contribution in [3.63, 3.8) is 0 Å². The van der Waals surface area contributed by atoms with Crippen molar-refractivity contribution < 1.29 is 0 Å². The van der Waals surface area contributed by atoms with Gasteiger partial charge < -0.3 is 0 Å². The second kappa shape index (κ2) is 8.48. The van der Waals surface area contributed by atoms with Crippen LogP contribution in [0.15, 0.2) is 21.7 Å². The van der Waals surface area contributed by atoms with Crippen molar-refractivity contribution in [1.29, 1.82) is 0 Å². The molecule has 2 aliphatic rings. The average Bonchev–Trinajstić information content (AvgIpc) is 2.65. The van der Waals surface area contributed by atoms with Gasteiger partial charge in [-0.2, -0.15) is 10.2 Å². The standard InChI is InChI=1S/C24H34N4O2/c1-13(2)21-11-19(23(29)27-25-21)18-9-16(10-18)6-5-15(4)22-12-20(24(30)28-26-22)17-7-14(3)8-17/h11-18H,5-10H2,1-4H3,(H,27,29)(H,28,30)/t14-,15?,16-,17-,18+. The van der Waals surface area contributed by atoms with Gasteiger partial charge in [-0.3, -0.25) is 9.59 Å². The number of nitrogens with zero attached hydrogens (tertiary/aromatic N) is 2. The van der Waals surface area contributed by atoms with Crippen LogP contribution in [0.1, 0.15) is 112 Å². The molecule has 2 N–H and O–H groups in total. The lowest BCUT2D eigenvalue weighted by molar-refractivity contribution is 0.237. The fourth-order valence-electron chi connectivity index (χ4n) is 5.04. The highest BCUT2D eigenvalue weighted by Gasteiger charge is 2.33. The lowest BCUT2D eigenvalue weighted by atomic mass is 9.69. The third-order valence-electron chi connectivity index (χ3n) is 7.30. The minimum Gasteiger partial charge on any atom is -0.268 e. The van der Waals surface area contributed by atoms with Crippen molar-refractivity contribution in [2.75, 3.05) is 0 Å². The number of aromatic amines is 2. The number of nitrogens with one attached hydrogen (secondary N) is 2. The van der Waals surface area contributed by atoms with Crippen LogP contribution < -0.4 is 11.1 Å². The van der Waals surface area contributed by atoms with Gasteiger partial charge in [-0.25, -0.2) is 10.2 Å². The fourth-order valence-corrected chi connectivity index (χ4v) is 5.04. The molecular formula is C24H34N4O2. The molecule has 4 rings (SSSR count). The Morgan fingerprint density at radius 3 is 2.00 bits per heavy atom. The smallest absolute Gasteiger partial charge is 0.267 e. The zero-order valence-corrected chi connectivity index (χ0v) is 18.6. The Labute approximate surface area is 177 Å². The molecule has 162 valence electrons. The van der Waals surface area contributed by atoms with Crippen LogP contribution in [0.2, 0.25) is 0 Å². The van der Waals surface area contributed by atoms with E-state index in [1.807, 2.05) is 12.1 Å². The first-order valence-corrected chi connectivity index (χ1v) is 11.5. The van der Waals surface area contributed by atoms with Gasteiger partial charge in [-0.1, -0.05) is 27.7 Å². The number of H-pyrrole nitrogens is 2. The first-order valence-electron chi connectivity index (χ1n) is 11.5. The van der Waals surface area contributed by atoms with Crippen molar-refractivity contribution in [1.82, 2.24) is 20.4 Å². The fraction of sp³-hybridized carbons (Fsp3) is 0.667. The molecule has 0 aliphatic heterocycles. The molecule has 2 aromatic rings. The highest BCUT2D eigenvalue weighted by molar-refractivity contribution is 5.23. The summed E-state index contributed by atoms with van der Waals surface area (Å²) in [5, 5.41) is 13.9. The zero-order chi connectivity index (χ0) is 21.4. The van der Waals surface area contributed by atoms with Crippen LogP contribution in [0.4, 0.5) is 0 Å². The maximum absolute atomic E-state index is 12.2. The third-order valence-corrected chi connectivity index (χ3v) is 7.30. The molecule has 2 aliphatic carbocycles. The summed E-state index contributed by atoms with van der Waals surface area (Å²) in [5.74, 6) is 2.78. The molecular weight excluding hydrogens is 376 g/mol. The first-order chi connectivity index (χ1) is 14.3. The van der Waals surface area contributed by atoms with Crippen molar-refractivity contribution in [3.05, 3.63) is 55.4 Å². The zero-order valence-electron chi connectivity index (χ0n) is 18.6. The van der Waals surface area contributed by atoms with Gasteiger partial charge in [0, 0.05) is 17.0 Å². The predicted octanol–water partition coefficient (Wildman–Crippen LogP) is 4.57. The van der Waals surface area contributed by atoms with E-state index in [1.54, 1.807) is 0 Å². The molecule has 2 heterocycles.